The maximum Gasteiger partial charge on any atom is 0.221 e. The molecule has 0 saturated carbocycles. The molecule has 2 aliphatic heterocycles. The summed E-state index contributed by atoms with van der Waals surface area (Å²) < 4.78 is 5.36. The van der Waals surface area contributed by atoms with Crippen LogP contribution in [0.5, 0.6) is 5.75 Å². The third-order valence-corrected chi connectivity index (χ3v) is 4.97. The second kappa shape index (κ2) is 6.74. The highest BCUT2D eigenvalue weighted by Crippen LogP contribution is 2.38. The predicted molar refractivity (Wildman–Crippen MR) is 95.9 cm³/mol. The van der Waals surface area contributed by atoms with Crippen molar-refractivity contribution >= 4 is 11.6 Å². The van der Waals surface area contributed by atoms with Crippen LogP contribution < -0.4 is 26.2 Å². The molecule has 130 valence electrons. The van der Waals surface area contributed by atoms with E-state index in [2.05, 4.69) is 27.6 Å². The van der Waals surface area contributed by atoms with Crippen molar-refractivity contribution in [1.82, 2.24) is 16.2 Å². The SMILES string of the molecule is COc1cccc(C2CC(=O)NC3NNC(Nc4ccccc4)C32)c1. The van der Waals surface area contributed by atoms with E-state index in [0.717, 1.165) is 17.0 Å². The van der Waals surface area contributed by atoms with E-state index < -0.39 is 0 Å². The van der Waals surface area contributed by atoms with Crippen molar-refractivity contribution in [2.45, 2.75) is 24.7 Å². The van der Waals surface area contributed by atoms with Gasteiger partial charge in [-0.1, -0.05) is 30.3 Å². The molecule has 4 unspecified atom stereocenters. The summed E-state index contributed by atoms with van der Waals surface area (Å²) in [7, 11) is 1.66. The Bertz CT molecular complexity index is 752. The number of hydrazine groups is 1. The lowest BCUT2D eigenvalue weighted by atomic mass is 9.78. The Balaban J connectivity index is 1.63. The summed E-state index contributed by atoms with van der Waals surface area (Å²) in [6.07, 6.45) is 0.355. The molecule has 2 fully saturated rings. The molecule has 6 nitrogen and oxygen atoms in total. The summed E-state index contributed by atoms with van der Waals surface area (Å²) in [4.78, 5) is 12.2. The zero-order chi connectivity index (χ0) is 17.2. The van der Waals surface area contributed by atoms with Crippen molar-refractivity contribution in [3.8, 4) is 5.75 Å². The van der Waals surface area contributed by atoms with Crippen LogP contribution in [0.2, 0.25) is 0 Å². The van der Waals surface area contributed by atoms with Gasteiger partial charge in [-0.05, 0) is 29.8 Å². The predicted octanol–water partition coefficient (Wildman–Crippen LogP) is 1.79. The summed E-state index contributed by atoms with van der Waals surface area (Å²) in [6.45, 7) is 0. The molecule has 4 atom stereocenters. The quantitative estimate of drug-likeness (QED) is 0.684. The van der Waals surface area contributed by atoms with Gasteiger partial charge in [0.1, 0.15) is 5.75 Å². The average molecular weight is 338 g/mol. The van der Waals surface area contributed by atoms with Crippen LogP contribution in [0.4, 0.5) is 5.69 Å². The van der Waals surface area contributed by atoms with E-state index in [-0.39, 0.29) is 30.1 Å². The Morgan fingerprint density at radius 2 is 1.92 bits per heavy atom. The zero-order valence-electron chi connectivity index (χ0n) is 14.0. The summed E-state index contributed by atoms with van der Waals surface area (Å²) in [5.41, 5.74) is 8.67. The molecule has 0 aromatic heterocycles. The fourth-order valence-electron chi connectivity index (χ4n) is 3.79. The molecule has 2 heterocycles. The molecule has 6 heteroatoms. The van der Waals surface area contributed by atoms with Gasteiger partial charge in [0.2, 0.25) is 5.91 Å². The minimum absolute atomic E-state index is 0.00389. The van der Waals surface area contributed by atoms with Gasteiger partial charge in [-0.25, -0.2) is 10.9 Å². The number of fused-ring (bicyclic) bond motifs is 1. The number of nitrogens with one attached hydrogen (secondary N) is 4. The minimum Gasteiger partial charge on any atom is -0.497 e. The Morgan fingerprint density at radius 1 is 1.08 bits per heavy atom. The topological polar surface area (TPSA) is 74.4 Å². The molecule has 0 radical (unpaired) electrons. The third-order valence-electron chi connectivity index (χ3n) is 4.97. The van der Waals surface area contributed by atoms with Crippen LogP contribution in [0, 0.1) is 5.92 Å². The standard InChI is InChI=1S/C19H22N4O2/c1-25-14-9-5-6-12(10-14)15-11-16(24)21-19-17(15)18(22-23-19)20-13-7-3-2-4-8-13/h2-10,15,17-20,22-23H,11H2,1H3,(H,21,24). The van der Waals surface area contributed by atoms with E-state index >= 15 is 0 Å². The van der Waals surface area contributed by atoms with Crippen molar-refractivity contribution in [2.24, 2.45) is 5.92 Å². The molecule has 1 amide bonds. The number of hydrogen-bond donors (Lipinski definition) is 4. The fraction of sp³-hybridized carbons (Fsp3) is 0.316. The van der Waals surface area contributed by atoms with E-state index in [9.17, 15) is 4.79 Å². The van der Waals surface area contributed by atoms with Crippen LogP contribution in [-0.2, 0) is 4.79 Å². The van der Waals surface area contributed by atoms with E-state index in [1.807, 2.05) is 48.5 Å². The monoisotopic (exact) mass is 338 g/mol. The summed E-state index contributed by atoms with van der Waals surface area (Å²) in [5.74, 6) is 1.14. The van der Waals surface area contributed by atoms with Gasteiger partial charge < -0.3 is 15.4 Å². The number of anilines is 1. The number of para-hydroxylation sites is 1. The van der Waals surface area contributed by atoms with E-state index in [4.69, 9.17) is 4.74 Å². The highest BCUT2D eigenvalue weighted by atomic mass is 16.5. The molecule has 25 heavy (non-hydrogen) atoms. The largest absolute Gasteiger partial charge is 0.497 e. The maximum atomic E-state index is 12.2. The number of carbonyl (C=O) groups is 1. The van der Waals surface area contributed by atoms with Crippen LogP contribution in [0.15, 0.2) is 54.6 Å². The lowest BCUT2D eigenvalue weighted by molar-refractivity contribution is -0.125. The number of benzene rings is 2. The Kier molecular flexibility index (Phi) is 4.29. The average Bonchev–Trinajstić information content (AvgIpc) is 3.04. The molecule has 4 N–H and O–H groups in total. The molecule has 0 spiro atoms. The van der Waals surface area contributed by atoms with Crippen LogP contribution in [0.25, 0.3) is 0 Å². The van der Waals surface area contributed by atoms with Crippen molar-refractivity contribution in [3.63, 3.8) is 0 Å². The van der Waals surface area contributed by atoms with Gasteiger partial charge in [-0.3, -0.25) is 4.79 Å². The van der Waals surface area contributed by atoms with Crippen molar-refractivity contribution in [3.05, 3.63) is 60.2 Å². The van der Waals surface area contributed by atoms with E-state index in [1.54, 1.807) is 7.11 Å². The van der Waals surface area contributed by atoms with Gasteiger partial charge in [0.05, 0.1) is 19.4 Å². The number of hydrogen-bond acceptors (Lipinski definition) is 5. The molecule has 0 aliphatic carbocycles. The Labute approximate surface area is 146 Å². The van der Waals surface area contributed by atoms with Crippen molar-refractivity contribution in [2.75, 3.05) is 12.4 Å². The van der Waals surface area contributed by atoms with E-state index in [0.29, 0.717) is 6.42 Å². The molecular formula is C19H22N4O2. The number of carbonyl (C=O) groups excluding carboxylic acids is 1. The first kappa shape index (κ1) is 15.9. The number of methoxy groups -OCH3 is 1. The summed E-state index contributed by atoms with van der Waals surface area (Å²) in [6, 6.07) is 18.1. The summed E-state index contributed by atoms with van der Waals surface area (Å²) >= 11 is 0. The Morgan fingerprint density at radius 3 is 2.72 bits per heavy atom. The number of rotatable bonds is 4. The number of ether oxygens (including phenoxy) is 1. The summed E-state index contributed by atoms with van der Waals surface area (Å²) in [5, 5.41) is 6.57. The molecular weight excluding hydrogens is 316 g/mol. The molecule has 2 saturated heterocycles. The van der Waals surface area contributed by atoms with E-state index in [1.165, 1.54) is 0 Å². The normalized spacial score (nSPS) is 28.1. The third kappa shape index (κ3) is 3.18. The maximum absolute atomic E-state index is 12.2. The van der Waals surface area contributed by atoms with Gasteiger partial charge in [-0.2, -0.15) is 0 Å². The lowest BCUT2D eigenvalue weighted by Crippen LogP contribution is -2.53. The lowest BCUT2D eigenvalue weighted by Gasteiger charge is -2.36. The van der Waals surface area contributed by atoms with Crippen LogP contribution in [0.3, 0.4) is 0 Å². The van der Waals surface area contributed by atoms with Crippen LogP contribution in [0.1, 0.15) is 17.9 Å². The molecule has 2 aliphatic rings. The first-order valence-electron chi connectivity index (χ1n) is 8.50. The van der Waals surface area contributed by atoms with Crippen LogP contribution in [-0.4, -0.2) is 25.3 Å². The van der Waals surface area contributed by atoms with Gasteiger partial charge in [0.15, 0.2) is 0 Å². The molecule has 2 aromatic carbocycles. The molecule has 0 bridgehead atoms. The van der Waals surface area contributed by atoms with Crippen LogP contribution >= 0.6 is 0 Å². The number of piperidine rings is 1. The fourth-order valence-corrected chi connectivity index (χ4v) is 3.79. The smallest absolute Gasteiger partial charge is 0.221 e. The van der Waals surface area contributed by atoms with Gasteiger partial charge in [0.25, 0.3) is 0 Å². The molecule has 2 aromatic rings. The molecule has 4 rings (SSSR count). The van der Waals surface area contributed by atoms with Crippen molar-refractivity contribution < 1.29 is 9.53 Å². The van der Waals surface area contributed by atoms with Gasteiger partial charge >= 0.3 is 0 Å². The minimum atomic E-state index is -0.112. The zero-order valence-corrected chi connectivity index (χ0v) is 14.0. The number of amides is 1. The Hall–Kier alpha value is -2.57. The highest BCUT2D eigenvalue weighted by Gasteiger charge is 2.46. The van der Waals surface area contributed by atoms with Gasteiger partial charge in [-0.15, -0.1) is 0 Å². The van der Waals surface area contributed by atoms with Crippen molar-refractivity contribution in [1.29, 1.82) is 0 Å². The first-order chi connectivity index (χ1) is 12.2. The van der Waals surface area contributed by atoms with Gasteiger partial charge in [0, 0.05) is 23.9 Å². The second-order valence-corrected chi connectivity index (χ2v) is 6.49. The highest BCUT2D eigenvalue weighted by molar-refractivity contribution is 5.78. The second-order valence-electron chi connectivity index (χ2n) is 6.49. The first-order valence-corrected chi connectivity index (χ1v) is 8.50.